The minimum atomic E-state index is -0.693. The third-order valence-corrected chi connectivity index (χ3v) is 4.15. The van der Waals surface area contributed by atoms with Gasteiger partial charge in [0.15, 0.2) is 0 Å². The van der Waals surface area contributed by atoms with Crippen LogP contribution in [0.25, 0.3) is 6.08 Å². The van der Waals surface area contributed by atoms with Crippen LogP contribution >= 0.6 is 11.6 Å². The molecule has 0 saturated carbocycles. The minimum Gasteiger partial charge on any atom is -0.454 e. The predicted octanol–water partition coefficient (Wildman–Crippen LogP) is 6.76. The van der Waals surface area contributed by atoms with Crippen molar-refractivity contribution in [3.63, 3.8) is 0 Å². The summed E-state index contributed by atoms with van der Waals surface area (Å²) in [5.41, 5.74) is 1.92. The van der Waals surface area contributed by atoms with E-state index in [1.54, 1.807) is 0 Å². The zero-order chi connectivity index (χ0) is 16.8. The quantitative estimate of drug-likeness (QED) is 0.294. The maximum atomic E-state index is 10.4. The topological polar surface area (TPSA) is 26.3 Å². The summed E-state index contributed by atoms with van der Waals surface area (Å²) in [5, 5.41) is 0. The van der Waals surface area contributed by atoms with E-state index in [-0.39, 0.29) is 0 Å². The Hall–Kier alpha value is -1.28. The van der Waals surface area contributed by atoms with Crippen LogP contribution in [0.5, 0.6) is 0 Å². The number of hydrogen-bond acceptors (Lipinski definition) is 2. The summed E-state index contributed by atoms with van der Waals surface area (Å²) < 4.78 is 4.68. The van der Waals surface area contributed by atoms with Crippen LogP contribution in [0.1, 0.15) is 68.9 Å². The first kappa shape index (κ1) is 19.8. The van der Waals surface area contributed by atoms with Gasteiger partial charge in [-0.05, 0) is 30.4 Å². The van der Waals surface area contributed by atoms with E-state index >= 15 is 0 Å². The molecule has 0 radical (unpaired) electrons. The average molecular weight is 337 g/mol. The van der Waals surface area contributed by atoms with Gasteiger partial charge in [-0.1, -0.05) is 81.9 Å². The number of carbonyl (C=O) groups excluding carboxylic acids is 1. The van der Waals surface area contributed by atoms with Crippen LogP contribution in [0.4, 0.5) is 4.79 Å². The first-order valence-corrected chi connectivity index (χ1v) is 9.14. The summed E-state index contributed by atoms with van der Waals surface area (Å²) in [6.45, 7) is 4.23. The highest BCUT2D eigenvalue weighted by molar-refractivity contribution is 6.61. The highest BCUT2D eigenvalue weighted by atomic mass is 35.5. The molecule has 0 aliphatic rings. The number of hydrogen-bond donors (Lipinski definition) is 0. The molecule has 3 heteroatoms. The molecular weight excluding hydrogens is 308 g/mol. The van der Waals surface area contributed by atoms with Crippen molar-refractivity contribution in [3.05, 3.63) is 42.0 Å². The summed E-state index contributed by atoms with van der Waals surface area (Å²) in [7, 11) is 0. The van der Waals surface area contributed by atoms with Crippen LogP contribution in [-0.2, 0) is 11.2 Å². The molecule has 0 saturated heterocycles. The van der Waals surface area contributed by atoms with Crippen LogP contribution in [0.3, 0.4) is 0 Å². The molecule has 0 aromatic heterocycles. The molecule has 1 aromatic rings. The monoisotopic (exact) mass is 336 g/mol. The van der Waals surface area contributed by atoms with Crippen molar-refractivity contribution in [2.45, 2.75) is 64.2 Å². The molecule has 0 aliphatic heterocycles. The molecule has 2 nitrogen and oxygen atoms in total. The van der Waals surface area contributed by atoms with Gasteiger partial charge in [-0.25, -0.2) is 4.79 Å². The van der Waals surface area contributed by atoms with Gasteiger partial charge in [0, 0.05) is 11.6 Å². The smallest absolute Gasteiger partial charge is 0.403 e. The fourth-order valence-electron chi connectivity index (χ4n) is 2.64. The third-order valence-electron chi connectivity index (χ3n) is 4.04. The summed E-state index contributed by atoms with van der Waals surface area (Å²) in [6.07, 6.45) is 14.1. The average Bonchev–Trinajstić information content (AvgIpc) is 2.56. The van der Waals surface area contributed by atoms with Gasteiger partial charge in [-0.2, -0.15) is 0 Å². The Labute approximate surface area is 145 Å². The molecule has 0 aliphatic carbocycles. The predicted molar refractivity (Wildman–Crippen MR) is 99.0 cm³/mol. The number of aryl methyl sites for hydroxylation is 1. The van der Waals surface area contributed by atoms with Gasteiger partial charge < -0.3 is 4.74 Å². The fraction of sp³-hybridized carbons (Fsp3) is 0.550. The van der Waals surface area contributed by atoms with E-state index in [2.05, 4.69) is 35.6 Å². The number of benzene rings is 1. The molecule has 0 unspecified atom stereocenters. The van der Waals surface area contributed by atoms with Crippen LogP contribution in [-0.4, -0.2) is 12.0 Å². The van der Waals surface area contributed by atoms with Crippen molar-refractivity contribution in [1.29, 1.82) is 0 Å². The van der Waals surface area contributed by atoms with E-state index in [1.807, 2.05) is 6.08 Å². The number of ether oxygens (including phenoxy) is 1. The molecule has 0 spiro atoms. The summed E-state index contributed by atoms with van der Waals surface area (Å²) in [5.74, 6) is 0. The van der Waals surface area contributed by atoms with Gasteiger partial charge >= 0.3 is 5.43 Å². The number of rotatable bonds is 13. The highest BCUT2D eigenvalue weighted by Gasteiger charge is 1.97. The van der Waals surface area contributed by atoms with Crippen molar-refractivity contribution in [2.75, 3.05) is 6.61 Å². The molecule has 0 N–H and O–H groups in total. The molecule has 1 rings (SSSR count). The Balaban J connectivity index is 1.86. The highest BCUT2D eigenvalue weighted by Crippen LogP contribution is 2.13. The van der Waals surface area contributed by atoms with E-state index < -0.39 is 5.43 Å². The second-order valence-corrected chi connectivity index (χ2v) is 6.27. The lowest BCUT2D eigenvalue weighted by atomic mass is 10.0. The largest absolute Gasteiger partial charge is 0.454 e. The zero-order valence-corrected chi connectivity index (χ0v) is 14.8. The lowest BCUT2D eigenvalue weighted by Gasteiger charge is -2.04. The first-order valence-electron chi connectivity index (χ1n) is 8.76. The van der Waals surface area contributed by atoms with Crippen molar-refractivity contribution in [1.82, 2.24) is 0 Å². The van der Waals surface area contributed by atoms with Crippen molar-refractivity contribution < 1.29 is 9.53 Å². The van der Waals surface area contributed by atoms with E-state index in [9.17, 15) is 4.79 Å². The SMILES string of the molecule is C=Cc1ccc(CCCCCCCCCCCOC(=O)Cl)cc1. The van der Waals surface area contributed by atoms with Crippen LogP contribution in [0, 0.1) is 0 Å². The van der Waals surface area contributed by atoms with Crippen molar-refractivity contribution in [2.24, 2.45) is 0 Å². The third kappa shape index (κ3) is 11.0. The van der Waals surface area contributed by atoms with Crippen molar-refractivity contribution >= 4 is 23.1 Å². The minimum absolute atomic E-state index is 0.454. The van der Waals surface area contributed by atoms with Gasteiger partial charge in [0.2, 0.25) is 0 Å². The molecule has 1 aromatic carbocycles. The molecule has 23 heavy (non-hydrogen) atoms. The number of unbranched alkanes of at least 4 members (excludes halogenated alkanes) is 8. The lowest BCUT2D eigenvalue weighted by molar-refractivity contribution is 0.170. The van der Waals surface area contributed by atoms with Crippen LogP contribution in [0.2, 0.25) is 0 Å². The molecular formula is C20H29ClO2. The standard InChI is InChI=1S/C20H29ClO2/c1-2-18-13-15-19(16-14-18)12-10-8-6-4-3-5-7-9-11-17-23-20(21)22/h2,13-16H,1,3-12,17H2. The first-order chi connectivity index (χ1) is 11.2. The lowest BCUT2D eigenvalue weighted by Crippen LogP contribution is -1.96. The Morgan fingerprint density at radius 1 is 0.913 bits per heavy atom. The Morgan fingerprint density at radius 2 is 1.43 bits per heavy atom. The summed E-state index contributed by atoms with van der Waals surface area (Å²) >= 11 is 5.09. The normalized spacial score (nSPS) is 10.5. The van der Waals surface area contributed by atoms with E-state index in [0.717, 1.165) is 12.8 Å². The Kier molecular flexibility index (Phi) is 11.3. The zero-order valence-electron chi connectivity index (χ0n) is 14.1. The molecule has 128 valence electrons. The number of carbonyl (C=O) groups is 1. The maximum absolute atomic E-state index is 10.4. The van der Waals surface area contributed by atoms with Gasteiger partial charge in [0.25, 0.3) is 0 Å². The maximum Gasteiger partial charge on any atom is 0.403 e. The van der Waals surface area contributed by atoms with Crippen LogP contribution < -0.4 is 0 Å². The van der Waals surface area contributed by atoms with E-state index in [1.165, 1.54) is 62.5 Å². The Bertz CT molecular complexity index is 439. The molecule has 0 bridgehead atoms. The fourth-order valence-corrected chi connectivity index (χ4v) is 2.72. The van der Waals surface area contributed by atoms with Crippen molar-refractivity contribution in [3.8, 4) is 0 Å². The van der Waals surface area contributed by atoms with E-state index in [4.69, 9.17) is 11.6 Å². The molecule has 0 heterocycles. The second-order valence-electron chi connectivity index (χ2n) is 5.96. The number of halogens is 1. The molecule has 0 amide bonds. The summed E-state index contributed by atoms with van der Waals surface area (Å²) in [6, 6.07) is 8.68. The van der Waals surface area contributed by atoms with Gasteiger partial charge in [0.1, 0.15) is 0 Å². The molecule has 0 atom stereocenters. The van der Waals surface area contributed by atoms with Gasteiger partial charge in [-0.15, -0.1) is 0 Å². The molecule has 0 fully saturated rings. The van der Waals surface area contributed by atoms with E-state index in [0.29, 0.717) is 6.61 Å². The Morgan fingerprint density at radius 3 is 1.96 bits per heavy atom. The summed E-state index contributed by atoms with van der Waals surface area (Å²) in [4.78, 5) is 10.4. The van der Waals surface area contributed by atoms with Crippen LogP contribution in [0.15, 0.2) is 30.8 Å². The van der Waals surface area contributed by atoms with Gasteiger partial charge in [0.05, 0.1) is 6.61 Å². The second kappa shape index (κ2) is 13.2. The van der Waals surface area contributed by atoms with Gasteiger partial charge in [-0.3, -0.25) is 0 Å².